The predicted octanol–water partition coefficient (Wildman–Crippen LogP) is 2.60. The van der Waals surface area contributed by atoms with Crippen molar-refractivity contribution in [2.24, 2.45) is 5.92 Å². The van der Waals surface area contributed by atoms with E-state index in [9.17, 15) is 4.79 Å². The third-order valence-corrected chi connectivity index (χ3v) is 6.29. The Balaban J connectivity index is 1.33. The second-order valence-corrected chi connectivity index (χ2v) is 8.10. The van der Waals surface area contributed by atoms with Gasteiger partial charge in [-0.2, -0.15) is 0 Å². The zero-order valence-electron chi connectivity index (χ0n) is 15.4. The van der Waals surface area contributed by atoms with Crippen molar-refractivity contribution in [1.29, 1.82) is 0 Å². The zero-order chi connectivity index (χ0) is 17.3. The summed E-state index contributed by atoms with van der Waals surface area (Å²) < 4.78 is 5.44. The van der Waals surface area contributed by atoms with Gasteiger partial charge < -0.3 is 9.64 Å². The summed E-state index contributed by atoms with van der Waals surface area (Å²) in [6, 6.07) is 8.59. The van der Waals surface area contributed by atoms with Gasteiger partial charge in [-0.15, -0.1) is 0 Å². The van der Waals surface area contributed by atoms with Crippen LogP contribution >= 0.6 is 0 Å². The molecule has 0 aromatic heterocycles. The number of benzene rings is 1. The average Bonchev–Trinajstić information content (AvgIpc) is 3.45. The molecule has 0 unspecified atom stereocenters. The highest BCUT2D eigenvalue weighted by Crippen LogP contribution is 2.50. The molecule has 1 saturated carbocycles. The molecule has 3 aliphatic rings. The third-order valence-electron chi connectivity index (χ3n) is 6.29. The van der Waals surface area contributed by atoms with Crippen LogP contribution in [-0.2, 0) is 14.9 Å². The Labute approximate surface area is 151 Å². The highest BCUT2D eigenvalue weighted by atomic mass is 16.5. The van der Waals surface area contributed by atoms with Gasteiger partial charge in [0, 0.05) is 32.7 Å². The molecule has 25 heavy (non-hydrogen) atoms. The SMILES string of the molecule is Cc1ccc(C2(C(=O)N3CCC(CN4CCOCC4)CC3)CC2)cc1. The van der Waals surface area contributed by atoms with Crippen LogP contribution in [0.25, 0.3) is 0 Å². The number of carbonyl (C=O) groups excluding carboxylic acids is 1. The summed E-state index contributed by atoms with van der Waals surface area (Å²) in [5, 5.41) is 0. The number of morpholine rings is 1. The lowest BCUT2D eigenvalue weighted by Gasteiger charge is -2.37. The summed E-state index contributed by atoms with van der Waals surface area (Å²) in [5.74, 6) is 1.11. The first kappa shape index (κ1) is 17.0. The van der Waals surface area contributed by atoms with Crippen LogP contribution in [0.5, 0.6) is 0 Å². The lowest BCUT2D eigenvalue weighted by molar-refractivity contribution is -0.135. The van der Waals surface area contributed by atoms with Crippen molar-refractivity contribution in [2.45, 2.75) is 38.0 Å². The van der Waals surface area contributed by atoms with E-state index in [0.717, 1.165) is 71.0 Å². The molecule has 0 N–H and O–H groups in total. The van der Waals surface area contributed by atoms with Crippen molar-refractivity contribution in [2.75, 3.05) is 45.9 Å². The Hall–Kier alpha value is -1.39. The molecular weight excluding hydrogens is 312 g/mol. The van der Waals surface area contributed by atoms with Crippen molar-refractivity contribution in [3.05, 3.63) is 35.4 Å². The number of aryl methyl sites for hydroxylation is 1. The van der Waals surface area contributed by atoms with E-state index < -0.39 is 0 Å². The Bertz CT molecular complexity index is 595. The first-order chi connectivity index (χ1) is 12.2. The summed E-state index contributed by atoms with van der Waals surface area (Å²) in [6.07, 6.45) is 4.32. The van der Waals surface area contributed by atoms with Crippen LogP contribution < -0.4 is 0 Å². The zero-order valence-corrected chi connectivity index (χ0v) is 15.4. The largest absolute Gasteiger partial charge is 0.379 e. The maximum absolute atomic E-state index is 13.2. The Morgan fingerprint density at radius 2 is 1.72 bits per heavy atom. The summed E-state index contributed by atoms with van der Waals surface area (Å²) in [5.41, 5.74) is 2.28. The highest BCUT2D eigenvalue weighted by Gasteiger charge is 2.53. The number of piperidine rings is 1. The van der Waals surface area contributed by atoms with E-state index in [4.69, 9.17) is 4.74 Å². The number of hydrogen-bond acceptors (Lipinski definition) is 3. The third kappa shape index (κ3) is 3.61. The molecule has 2 aliphatic heterocycles. The fourth-order valence-electron chi connectivity index (χ4n) is 4.39. The van der Waals surface area contributed by atoms with E-state index >= 15 is 0 Å². The van der Waals surface area contributed by atoms with Gasteiger partial charge in [0.25, 0.3) is 0 Å². The molecule has 1 aliphatic carbocycles. The van der Waals surface area contributed by atoms with Crippen molar-refractivity contribution in [3.63, 3.8) is 0 Å². The fourth-order valence-corrected chi connectivity index (χ4v) is 4.39. The number of likely N-dealkylation sites (tertiary alicyclic amines) is 1. The van der Waals surface area contributed by atoms with Crippen LogP contribution in [0.3, 0.4) is 0 Å². The van der Waals surface area contributed by atoms with Gasteiger partial charge in [-0.3, -0.25) is 9.69 Å². The van der Waals surface area contributed by atoms with Crippen LogP contribution in [0.4, 0.5) is 0 Å². The normalized spacial score (nSPS) is 24.3. The lowest BCUT2D eigenvalue weighted by Crippen LogP contribution is -2.46. The van der Waals surface area contributed by atoms with E-state index in [2.05, 4.69) is 41.0 Å². The standard InChI is InChI=1S/C21H30N2O2/c1-17-2-4-19(5-3-17)21(8-9-21)20(24)23-10-6-18(7-11-23)16-22-12-14-25-15-13-22/h2-5,18H,6-16H2,1H3. The lowest BCUT2D eigenvalue weighted by atomic mass is 9.90. The first-order valence-corrected chi connectivity index (χ1v) is 9.84. The molecule has 0 spiro atoms. The number of rotatable bonds is 4. The van der Waals surface area contributed by atoms with Crippen LogP contribution in [0, 0.1) is 12.8 Å². The molecule has 2 heterocycles. The molecule has 1 amide bonds. The van der Waals surface area contributed by atoms with Crippen LogP contribution in [0.15, 0.2) is 24.3 Å². The summed E-state index contributed by atoms with van der Waals surface area (Å²) in [7, 11) is 0. The molecular formula is C21H30N2O2. The van der Waals surface area contributed by atoms with Gasteiger partial charge in [0.1, 0.15) is 0 Å². The van der Waals surface area contributed by atoms with E-state index in [1.54, 1.807) is 0 Å². The Kier molecular flexibility index (Phi) is 4.83. The number of nitrogens with zero attached hydrogens (tertiary/aromatic N) is 2. The average molecular weight is 342 g/mol. The maximum atomic E-state index is 13.2. The maximum Gasteiger partial charge on any atom is 0.233 e. The molecule has 1 aromatic carbocycles. The molecule has 4 nitrogen and oxygen atoms in total. The topological polar surface area (TPSA) is 32.8 Å². The second-order valence-electron chi connectivity index (χ2n) is 8.10. The van der Waals surface area contributed by atoms with Gasteiger partial charge in [-0.05, 0) is 44.1 Å². The molecule has 0 bridgehead atoms. The van der Waals surface area contributed by atoms with Crippen molar-refractivity contribution < 1.29 is 9.53 Å². The quantitative estimate of drug-likeness (QED) is 0.843. The Morgan fingerprint density at radius 3 is 2.32 bits per heavy atom. The molecule has 136 valence electrons. The Morgan fingerprint density at radius 1 is 1.08 bits per heavy atom. The molecule has 1 aromatic rings. The monoisotopic (exact) mass is 342 g/mol. The smallest absolute Gasteiger partial charge is 0.233 e. The van der Waals surface area contributed by atoms with Gasteiger partial charge in [-0.1, -0.05) is 29.8 Å². The highest BCUT2D eigenvalue weighted by molar-refractivity contribution is 5.91. The fraction of sp³-hybridized carbons (Fsp3) is 0.667. The minimum Gasteiger partial charge on any atom is -0.379 e. The summed E-state index contributed by atoms with van der Waals surface area (Å²) >= 11 is 0. The van der Waals surface area contributed by atoms with E-state index in [-0.39, 0.29) is 5.41 Å². The van der Waals surface area contributed by atoms with Gasteiger partial charge in [0.05, 0.1) is 18.6 Å². The van der Waals surface area contributed by atoms with Gasteiger partial charge in [-0.25, -0.2) is 0 Å². The van der Waals surface area contributed by atoms with Gasteiger partial charge >= 0.3 is 0 Å². The number of hydrogen-bond donors (Lipinski definition) is 0. The van der Waals surface area contributed by atoms with Gasteiger partial charge in [0.2, 0.25) is 5.91 Å². The predicted molar refractivity (Wildman–Crippen MR) is 98.7 cm³/mol. The van der Waals surface area contributed by atoms with E-state index in [0.29, 0.717) is 5.91 Å². The van der Waals surface area contributed by atoms with Crippen molar-refractivity contribution in [1.82, 2.24) is 9.80 Å². The summed E-state index contributed by atoms with van der Waals surface area (Å²) in [6.45, 7) is 9.01. The molecule has 2 saturated heterocycles. The molecule has 4 rings (SSSR count). The van der Waals surface area contributed by atoms with Crippen LogP contribution in [0.2, 0.25) is 0 Å². The van der Waals surface area contributed by atoms with E-state index in [1.807, 2.05) is 0 Å². The number of carbonyl (C=O) groups is 1. The van der Waals surface area contributed by atoms with Crippen LogP contribution in [0.1, 0.15) is 36.8 Å². The van der Waals surface area contributed by atoms with Crippen molar-refractivity contribution >= 4 is 5.91 Å². The number of ether oxygens (including phenoxy) is 1. The van der Waals surface area contributed by atoms with Gasteiger partial charge in [0.15, 0.2) is 0 Å². The number of amides is 1. The van der Waals surface area contributed by atoms with E-state index in [1.165, 1.54) is 17.7 Å². The van der Waals surface area contributed by atoms with Crippen LogP contribution in [-0.4, -0.2) is 61.6 Å². The second kappa shape index (κ2) is 7.08. The summed E-state index contributed by atoms with van der Waals surface area (Å²) in [4.78, 5) is 17.8. The first-order valence-electron chi connectivity index (χ1n) is 9.84. The molecule has 3 fully saturated rings. The molecule has 0 atom stereocenters. The minimum atomic E-state index is -0.204. The van der Waals surface area contributed by atoms with Crippen molar-refractivity contribution in [3.8, 4) is 0 Å². The minimum absolute atomic E-state index is 0.204. The molecule has 0 radical (unpaired) electrons. The molecule has 4 heteroatoms.